The van der Waals surface area contributed by atoms with Crippen LogP contribution in [0.2, 0.25) is 5.02 Å². The van der Waals surface area contributed by atoms with Crippen molar-refractivity contribution in [2.24, 2.45) is 5.16 Å². The van der Waals surface area contributed by atoms with E-state index in [1.165, 1.54) is 0 Å². The molecule has 1 rings (SSSR count). The fourth-order valence-electron chi connectivity index (χ4n) is 0.765. The van der Waals surface area contributed by atoms with Crippen LogP contribution in [-0.4, -0.2) is 15.9 Å². The zero-order valence-electron chi connectivity index (χ0n) is 7.11. The molecule has 0 bridgehead atoms. The molecule has 3 nitrogen and oxygen atoms in total. The third-order valence-corrected chi connectivity index (χ3v) is 1.78. The molecule has 1 heterocycles. The van der Waals surface area contributed by atoms with E-state index in [1.54, 1.807) is 37.5 Å². The largest absolute Gasteiger partial charge is 0.411 e. The molecule has 0 aliphatic carbocycles. The molecule has 0 saturated heterocycles. The molecule has 0 aromatic carbocycles. The maximum absolute atomic E-state index is 8.37. The van der Waals surface area contributed by atoms with Crippen molar-refractivity contribution in [3.05, 3.63) is 35.1 Å². The number of nitrogens with zero attached hydrogens (tertiary/aromatic N) is 2. The highest BCUT2D eigenvalue weighted by molar-refractivity contribution is 6.32. The van der Waals surface area contributed by atoms with Gasteiger partial charge in [0.05, 0.1) is 10.7 Å². The Labute approximate surface area is 81.4 Å². The van der Waals surface area contributed by atoms with Crippen molar-refractivity contribution in [2.45, 2.75) is 6.92 Å². The van der Waals surface area contributed by atoms with Crippen LogP contribution < -0.4 is 0 Å². The second-order valence-electron chi connectivity index (χ2n) is 2.47. The highest BCUT2D eigenvalue weighted by Crippen LogP contribution is 2.14. The summed E-state index contributed by atoms with van der Waals surface area (Å²) in [6.45, 7) is 1.69. The lowest BCUT2D eigenvalue weighted by atomic mass is 10.2. The minimum atomic E-state index is 0.521. The smallest absolute Gasteiger partial charge is 0.0765 e. The molecule has 0 unspecified atom stereocenters. The van der Waals surface area contributed by atoms with E-state index in [9.17, 15) is 0 Å². The summed E-state index contributed by atoms with van der Waals surface area (Å²) < 4.78 is 0. The molecule has 1 aromatic heterocycles. The molecule has 0 aliphatic heterocycles. The van der Waals surface area contributed by atoms with Crippen molar-refractivity contribution in [3.8, 4) is 0 Å². The quantitative estimate of drug-likeness (QED) is 0.449. The van der Waals surface area contributed by atoms with Gasteiger partial charge in [-0.15, -0.1) is 0 Å². The summed E-state index contributed by atoms with van der Waals surface area (Å²) in [5.74, 6) is 0. The van der Waals surface area contributed by atoms with Crippen molar-refractivity contribution >= 4 is 23.4 Å². The van der Waals surface area contributed by atoms with Crippen LogP contribution in [-0.2, 0) is 0 Å². The Bertz CT molecular complexity index is 347. The van der Waals surface area contributed by atoms with Crippen LogP contribution in [0.15, 0.2) is 29.7 Å². The monoisotopic (exact) mass is 196 g/mol. The minimum absolute atomic E-state index is 0.521. The van der Waals surface area contributed by atoms with E-state index >= 15 is 0 Å². The van der Waals surface area contributed by atoms with E-state index in [0.717, 1.165) is 5.56 Å². The van der Waals surface area contributed by atoms with Gasteiger partial charge in [0.25, 0.3) is 0 Å². The van der Waals surface area contributed by atoms with E-state index in [2.05, 4.69) is 10.1 Å². The van der Waals surface area contributed by atoms with E-state index < -0.39 is 0 Å². The molecule has 4 heteroatoms. The molecule has 1 aromatic rings. The lowest BCUT2D eigenvalue weighted by molar-refractivity contribution is 0.319. The van der Waals surface area contributed by atoms with Gasteiger partial charge in [-0.1, -0.05) is 22.8 Å². The van der Waals surface area contributed by atoms with Crippen molar-refractivity contribution in [1.82, 2.24) is 4.98 Å². The maximum atomic E-state index is 8.37. The van der Waals surface area contributed by atoms with Crippen LogP contribution in [0.4, 0.5) is 0 Å². The Balaban J connectivity index is 2.86. The van der Waals surface area contributed by atoms with Gasteiger partial charge in [-0.2, -0.15) is 0 Å². The molecule has 0 aliphatic rings. The predicted octanol–water partition coefficient (Wildman–Crippen LogP) is 2.60. The summed E-state index contributed by atoms with van der Waals surface area (Å²) in [5, 5.41) is 12.0. The zero-order chi connectivity index (χ0) is 9.68. The van der Waals surface area contributed by atoms with Crippen LogP contribution in [0, 0.1) is 0 Å². The second kappa shape index (κ2) is 4.62. The molecular formula is C9H9ClN2O. The van der Waals surface area contributed by atoms with Crippen LogP contribution in [0.3, 0.4) is 0 Å². The molecule has 13 heavy (non-hydrogen) atoms. The summed E-state index contributed by atoms with van der Waals surface area (Å²) in [6, 6.07) is 1.78. The van der Waals surface area contributed by atoms with Gasteiger partial charge in [-0.05, 0) is 24.6 Å². The molecule has 1 N–H and O–H groups in total. The van der Waals surface area contributed by atoms with Gasteiger partial charge in [0.1, 0.15) is 0 Å². The van der Waals surface area contributed by atoms with Gasteiger partial charge < -0.3 is 5.21 Å². The number of hydrogen-bond acceptors (Lipinski definition) is 3. The number of aromatic nitrogens is 1. The zero-order valence-corrected chi connectivity index (χ0v) is 7.86. The van der Waals surface area contributed by atoms with Gasteiger partial charge >= 0.3 is 0 Å². The van der Waals surface area contributed by atoms with Gasteiger partial charge in [0.2, 0.25) is 0 Å². The van der Waals surface area contributed by atoms with Crippen LogP contribution >= 0.6 is 11.6 Å². The lowest BCUT2D eigenvalue weighted by Crippen LogP contribution is -1.83. The first-order valence-electron chi connectivity index (χ1n) is 3.70. The SMILES string of the molecule is CC(C=Cc1ccncc1Cl)=NO. The van der Waals surface area contributed by atoms with Gasteiger partial charge in [0.15, 0.2) is 0 Å². The molecule has 0 amide bonds. The third-order valence-electron chi connectivity index (χ3n) is 1.47. The topological polar surface area (TPSA) is 45.5 Å². The van der Waals surface area contributed by atoms with E-state index in [1.807, 2.05) is 0 Å². The Morgan fingerprint density at radius 1 is 1.69 bits per heavy atom. The van der Waals surface area contributed by atoms with Crippen LogP contribution in [0.1, 0.15) is 12.5 Å². The number of halogens is 1. The van der Waals surface area contributed by atoms with Crippen LogP contribution in [0.5, 0.6) is 0 Å². The third kappa shape index (κ3) is 2.87. The first-order valence-corrected chi connectivity index (χ1v) is 4.08. The molecule has 0 radical (unpaired) electrons. The maximum Gasteiger partial charge on any atom is 0.0765 e. The summed E-state index contributed by atoms with van der Waals surface area (Å²) >= 11 is 5.83. The van der Waals surface area contributed by atoms with E-state index in [4.69, 9.17) is 16.8 Å². The standard InChI is InChI=1S/C9H9ClN2O/c1-7(12-13)2-3-8-4-5-11-6-9(8)10/h2-6,13H,1H3. The Morgan fingerprint density at radius 2 is 2.46 bits per heavy atom. The van der Waals surface area contributed by atoms with Gasteiger partial charge in [-0.25, -0.2) is 0 Å². The highest BCUT2D eigenvalue weighted by Gasteiger charge is 1.93. The van der Waals surface area contributed by atoms with Crippen molar-refractivity contribution in [3.63, 3.8) is 0 Å². The molecule has 0 fully saturated rings. The number of hydrogen-bond donors (Lipinski definition) is 1. The summed E-state index contributed by atoms with van der Waals surface area (Å²) in [7, 11) is 0. The molecule has 0 saturated carbocycles. The van der Waals surface area contributed by atoms with Crippen molar-refractivity contribution in [1.29, 1.82) is 0 Å². The molecular weight excluding hydrogens is 188 g/mol. The van der Waals surface area contributed by atoms with Crippen molar-refractivity contribution in [2.75, 3.05) is 0 Å². The van der Waals surface area contributed by atoms with E-state index in [-0.39, 0.29) is 0 Å². The van der Waals surface area contributed by atoms with Gasteiger partial charge in [0, 0.05) is 12.4 Å². The van der Waals surface area contributed by atoms with E-state index in [0.29, 0.717) is 10.7 Å². The van der Waals surface area contributed by atoms with Crippen LogP contribution in [0.25, 0.3) is 6.08 Å². The highest BCUT2D eigenvalue weighted by atomic mass is 35.5. The van der Waals surface area contributed by atoms with Gasteiger partial charge in [-0.3, -0.25) is 4.98 Å². The fraction of sp³-hybridized carbons (Fsp3) is 0.111. The summed E-state index contributed by atoms with van der Waals surface area (Å²) in [6.07, 6.45) is 6.64. The molecule has 0 atom stereocenters. The van der Waals surface area contributed by atoms with Crippen molar-refractivity contribution < 1.29 is 5.21 Å². The average Bonchev–Trinajstić information content (AvgIpc) is 2.16. The molecule has 0 spiro atoms. The Morgan fingerprint density at radius 3 is 3.08 bits per heavy atom. The predicted molar refractivity (Wildman–Crippen MR) is 53.2 cm³/mol. The lowest BCUT2D eigenvalue weighted by Gasteiger charge is -1.94. The number of rotatable bonds is 2. The Hall–Kier alpha value is -1.35. The second-order valence-corrected chi connectivity index (χ2v) is 2.88. The first kappa shape index (κ1) is 9.74. The number of allylic oxidation sites excluding steroid dienone is 1. The fourth-order valence-corrected chi connectivity index (χ4v) is 0.947. The summed E-state index contributed by atoms with van der Waals surface area (Å²) in [4.78, 5) is 3.85. The summed E-state index contributed by atoms with van der Waals surface area (Å²) in [5.41, 5.74) is 1.37. The Kier molecular flexibility index (Phi) is 3.46. The molecule has 68 valence electrons. The number of pyridine rings is 1. The minimum Gasteiger partial charge on any atom is -0.411 e. The first-order chi connectivity index (χ1) is 6.24. The normalized spacial score (nSPS) is 12.3. The average molecular weight is 197 g/mol. The number of oxime groups is 1.